The number of hydrogen-bond acceptors (Lipinski definition) is 4. The number of nitrogens with one attached hydrogen (secondary N) is 1. The van der Waals surface area contributed by atoms with Crippen molar-refractivity contribution >= 4 is 11.9 Å². The molecule has 3 N–H and O–H groups in total. The molecule has 1 amide bonds. The van der Waals surface area contributed by atoms with Gasteiger partial charge >= 0.3 is 5.97 Å². The Morgan fingerprint density at radius 1 is 1.30 bits per heavy atom. The highest BCUT2D eigenvalue weighted by Crippen LogP contribution is 2.12. The van der Waals surface area contributed by atoms with Crippen LogP contribution in [0.3, 0.4) is 0 Å². The monoisotopic (exact) mass is 281 g/mol. The van der Waals surface area contributed by atoms with Crippen LogP contribution in [0.5, 0.6) is 5.75 Å². The van der Waals surface area contributed by atoms with Crippen molar-refractivity contribution in [3.63, 3.8) is 0 Å². The maximum Gasteiger partial charge on any atom is 0.326 e. The standard InChI is InChI=1S/C14H19NO5/c1-2-20-11-5-3-10(4-6-11)9-13(17)15-12(7-8-16)14(18)19/h3-6,12,16H,2,7-9H2,1H3,(H,15,17)(H,18,19)/t12-/m0/s1. The predicted octanol–water partition coefficient (Wildman–Crippen LogP) is 0.580. The van der Waals surface area contributed by atoms with Crippen molar-refractivity contribution in [3.8, 4) is 5.75 Å². The van der Waals surface area contributed by atoms with Gasteiger partial charge in [0.2, 0.25) is 5.91 Å². The lowest BCUT2D eigenvalue weighted by atomic mass is 10.1. The van der Waals surface area contributed by atoms with Crippen LogP contribution in [0.4, 0.5) is 0 Å². The summed E-state index contributed by atoms with van der Waals surface area (Å²) in [5.74, 6) is -0.825. The molecule has 1 rings (SSSR count). The Morgan fingerprint density at radius 3 is 2.45 bits per heavy atom. The molecule has 110 valence electrons. The molecule has 0 saturated carbocycles. The zero-order chi connectivity index (χ0) is 15.0. The summed E-state index contributed by atoms with van der Waals surface area (Å²) in [5, 5.41) is 20.0. The number of carboxylic acids is 1. The molecule has 20 heavy (non-hydrogen) atoms. The van der Waals surface area contributed by atoms with Crippen LogP contribution in [0.2, 0.25) is 0 Å². The van der Waals surface area contributed by atoms with Crippen LogP contribution in [-0.2, 0) is 16.0 Å². The van der Waals surface area contributed by atoms with Crippen LogP contribution in [0, 0.1) is 0 Å². The second-order valence-electron chi connectivity index (χ2n) is 4.22. The van der Waals surface area contributed by atoms with Crippen molar-refractivity contribution in [1.29, 1.82) is 0 Å². The molecule has 0 aliphatic rings. The fourth-order valence-electron chi connectivity index (χ4n) is 1.69. The quantitative estimate of drug-likeness (QED) is 0.648. The number of aliphatic hydroxyl groups is 1. The maximum atomic E-state index is 11.7. The van der Waals surface area contributed by atoms with Gasteiger partial charge in [0.1, 0.15) is 11.8 Å². The third kappa shape index (κ3) is 5.27. The summed E-state index contributed by atoms with van der Waals surface area (Å²) in [4.78, 5) is 22.6. The first kappa shape index (κ1) is 16.0. The van der Waals surface area contributed by atoms with Gasteiger partial charge in [-0.2, -0.15) is 0 Å². The summed E-state index contributed by atoms with van der Waals surface area (Å²) in [7, 11) is 0. The molecule has 0 bridgehead atoms. The molecule has 0 aromatic heterocycles. The zero-order valence-electron chi connectivity index (χ0n) is 11.3. The Kier molecular flexibility index (Phi) is 6.52. The first-order chi connectivity index (χ1) is 9.56. The van der Waals surface area contributed by atoms with E-state index in [4.69, 9.17) is 14.9 Å². The van der Waals surface area contributed by atoms with Gasteiger partial charge in [-0.05, 0) is 24.6 Å². The molecule has 0 unspecified atom stereocenters. The summed E-state index contributed by atoms with van der Waals surface area (Å²) >= 11 is 0. The number of amides is 1. The van der Waals surface area contributed by atoms with Crippen LogP contribution in [-0.4, -0.2) is 41.3 Å². The molecule has 1 atom stereocenters. The van der Waals surface area contributed by atoms with Crippen molar-refractivity contribution in [2.24, 2.45) is 0 Å². The van der Waals surface area contributed by atoms with E-state index in [-0.39, 0.29) is 19.4 Å². The first-order valence-corrected chi connectivity index (χ1v) is 6.41. The van der Waals surface area contributed by atoms with Crippen LogP contribution in [0.15, 0.2) is 24.3 Å². The van der Waals surface area contributed by atoms with Crippen molar-refractivity contribution in [2.75, 3.05) is 13.2 Å². The summed E-state index contributed by atoms with van der Waals surface area (Å²) in [6, 6.07) is 5.97. The molecular weight excluding hydrogens is 262 g/mol. The Labute approximate surface area is 117 Å². The van der Waals surface area contributed by atoms with E-state index in [1.807, 2.05) is 6.92 Å². The number of carboxylic acid groups (broad SMARTS) is 1. The third-order valence-corrected chi connectivity index (χ3v) is 2.65. The van der Waals surface area contributed by atoms with Gasteiger partial charge in [0.25, 0.3) is 0 Å². The number of carbonyl (C=O) groups excluding carboxylic acids is 1. The Bertz CT molecular complexity index is 443. The Hall–Kier alpha value is -2.08. The van der Waals surface area contributed by atoms with Crippen LogP contribution in [0.1, 0.15) is 18.9 Å². The molecular formula is C14H19NO5. The SMILES string of the molecule is CCOc1ccc(CC(=O)N[C@@H](CCO)C(=O)O)cc1. The van der Waals surface area contributed by atoms with Crippen molar-refractivity contribution in [1.82, 2.24) is 5.32 Å². The molecule has 0 aliphatic heterocycles. The molecule has 0 radical (unpaired) electrons. The average molecular weight is 281 g/mol. The fraction of sp³-hybridized carbons (Fsp3) is 0.429. The van der Waals surface area contributed by atoms with Gasteiger partial charge in [0.15, 0.2) is 0 Å². The fourth-order valence-corrected chi connectivity index (χ4v) is 1.69. The maximum absolute atomic E-state index is 11.7. The summed E-state index contributed by atoms with van der Waals surface area (Å²) in [6.45, 7) is 2.16. The minimum Gasteiger partial charge on any atom is -0.494 e. The molecule has 1 aromatic rings. The van der Waals surface area contributed by atoms with E-state index in [2.05, 4.69) is 5.32 Å². The molecule has 0 spiro atoms. The van der Waals surface area contributed by atoms with E-state index in [0.29, 0.717) is 6.61 Å². The summed E-state index contributed by atoms with van der Waals surface area (Å²) < 4.78 is 5.29. The lowest BCUT2D eigenvalue weighted by Gasteiger charge is -2.13. The minimum absolute atomic E-state index is 0.00957. The molecule has 6 nitrogen and oxygen atoms in total. The van der Waals surface area contributed by atoms with Crippen molar-refractivity contribution < 1.29 is 24.5 Å². The average Bonchev–Trinajstić information content (AvgIpc) is 2.40. The second kappa shape index (κ2) is 8.16. The number of benzene rings is 1. The van der Waals surface area contributed by atoms with Gasteiger partial charge in [-0.15, -0.1) is 0 Å². The van der Waals surface area contributed by atoms with Gasteiger partial charge in [-0.3, -0.25) is 4.79 Å². The third-order valence-electron chi connectivity index (χ3n) is 2.65. The highest BCUT2D eigenvalue weighted by molar-refractivity contribution is 5.84. The van der Waals surface area contributed by atoms with E-state index in [0.717, 1.165) is 11.3 Å². The minimum atomic E-state index is -1.15. The van der Waals surface area contributed by atoms with Crippen LogP contribution >= 0.6 is 0 Å². The second-order valence-corrected chi connectivity index (χ2v) is 4.22. The molecule has 0 heterocycles. The van der Waals surface area contributed by atoms with Gasteiger partial charge in [-0.25, -0.2) is 4.79 Å². The Morgan fingerprint density at radius 2 is 1.95 bits per heavy atom. The highest BCUT2D eigenvalue weighted by atomic mass is 16.5. The smallest absolute Gasteiger partial charge is 0.326 e. The van der Waals surface area contributed by atoms with E-state index in [9.17, 15) is 9.59 Å². The van der Waals surface area contributed by atoms with E-state index < -0.39 is 17.9 Å². The molecule has 0 saturated heterocycles. The normalized spacial score (nSPS) is 11.7. The molecule has 6 heteroatoms. The van der Waals surface area contributed by atoms with E-state index in [1.165, 1.54) is 0 Å². The van der Waals surface area contributed by atoms with Crippen molar-refractivity contribution in [3.05, 3.63) is 29.8 Å². The lowest BCUT2D eigenvalue weighted by Crippen LogP contribution is -2.42. The number of carbonyl (C=O) groups is 2. The zero-order valence-corrected chi connectivity index (χ0v) is 11.3. The first-order valence-electron chi connectivity index (χ1n) is 6.41. The summed E-state index contributed by atoms with van der Waals surface area (Å²) in [5.41, 5.74) is 0.763. The highest BCUT2D eigenvalue weighted by Gasteiger charge is 2.19. The molecule has 0 aliphatic carbocycles. The van der Waals surface area contributed by atoms with Gasteiger partial charge in [-0.1, -0.05) is 12.1 Å². The number of rotatable bonds is 8. The number of aliphatic carboxylic acids is 1. The predicted molar refractivity (Wildman–Crippen MR) is 72.6 cm³/mol. The van der Waals surface area contributed by atoms with Crippen LogP contribution in [0.25, 0.3) is 0 Å². The van der Waals surface area contributed by atoms with Gasteiger partial charge < -0.3 is 20.3 Å². The number of aliphatic hydroxyl groups excluding tert-OH is 1. The largest absolute Gasteiger partial charge is 0.494 e. The van der Waals surface area contributed by atoms with Crippen LogP contribution < -0.4 is 10.1 Å². The van der Waals surface area contributed by atoms with E-state index in [1.54, 1.807) is 24.3 Å². The lowest BCUT2D eigenvalue weighted by molar-refractivity contribution is -0.142. The van der Waals surface area contributed by atoms with Gasteiger partial charge in [0, 0.05) is 13.0 Å². The van der Waals surface area contributed by atoms with Gasteiger partial charge in [0.05, 0.1) is 13.0 Å². The molecule has 0 fully saturated rings. The number of hydrogen-bond donors (Lipinski definition) is 3. The topological polar surface area (TPSA) is 95.9 Å². The van der Waals surface area contributed by atoms with Crippen molar-refractivity contribution in [2.45, 2.75) is 25.8 Å². The summed E-state index contributed by atoms with van der Waals surface area (Å²) in [6.07, 6.45) is 0.0754. The van der Waals surface area contributed by atoms with E-state index >= 15 is 0 Å². The number of ether oxygens (including phenoxy) is 1. The Balaban J connectivity index is 2.54. The molecule has 1 aromatic carbocycles.